The van der Waals surface area contributed by atoms with Crippen LogP contribution in [0, 0.1) is 6.04 Å². The topological polar surface area (TPSA) is 26.9 Å². The largest absolute Gasteiger partial charge is 0.376 e. The molecule has 0 saturated carbocycles. The average Bonchev–Trinajstić information content (AvgIpc) is 2.77. The lowest BCUT2D eigenvalue weighted by Gasteiger charge is -2.27. The molecule has 1 aliphatic heterocycles. The minimum atomic E-state index is 0.365. The Hall–Kier alpha value is -2.61. The molecular formula is C23H22N2-2. The summed E-state index contributed by atoms with van der Waals surface area (Å²) in [5.74, 6) is 0.365. The van der Waals surface area contributed by atoms with Crippen molar-refractivity contribution in [2.75, 3.05) is 0 Å². The second-order valence-electron chi connectivity index (χ2n) is 7.10. The quantitative estimate of drug-likeness (QED) is 0.340. The fourth-order valence-corrected chi connectivity index (χ4v) is 4.68. The molecule has 5 rings (SSSR count). The molecular weight excluding hydrogens is 304 g/mol. The van der Waals surface area contributed by atoms with Crippen molar-refractivity contribution in [3.8, 4) is 0 Å². The molecule has 3 aromatic carbocycles. The Morgan fingerprint density at radius 2 is 1.96 bits per heavy atom. The maximum Gasteiger partial charge on any atom is 0.0396 e. The van der Waals surface area contributed by atoms with Gasteiger partial charge < -0.3 is 4.99 Å². The molecule has 0 amide bonds. The fraction of sp³-hybridized carbons (Fsp3) is 0.261. The highest BCUT2D eigenvalue weighted by molar-refractivity contribution is 6.20. The number of benzene rings is 3. The Morgan fingerprint density at radius 3 is 2.76 bits per heavy atom. The van der Waals surface area contributed by atoms with E-state index in [4.69, 9.17) is 4.98 Å². The van der Waals surface area contributed by atoms with Crippen LogP contribution in [-0.2, 0) is 6.42 Å². The van der Waals surface area contributed by atoms with E-state index >= 15 is 0 Å². The third-order valence-electron chi connectivity index (χ3n) is 5.83. The van der Waals surface area contributed by atoms with Gasteiger partial charge in [0.2, 0.25) is 0 Å². The van der Waals surface area contributed by atoms with Gasteiger partial charge in [0.15, 0.2) is 0 Å². The minimum Gasteiger partial charge on any atom is -0.376 e. The third kappa shape index (κ3) is 1.82. The van der Waals surface area contributed by atoms with Crippen molar-refractivity contribution in [1.82, 2.24) is 4.98 Å². The number of fused-ring (bicyclic) bond motifs is 4. The van der Waals surface area contributed by atoms with Crippen LogP contribution in [0.1, 0.15) is 44.4 Å². The van der Waals surface area contributed by atoms with Gasteiger partial charge in [-0.3, -0.25) is 4.98 Å². The first kappa shape index (κ1) is 14.7. The van der Waals surface area contributed by atoms with E-state index in [1.807, 2.05) is 0 Å². The SMILES string of the molecule is CCc1c2nc3c(c4ccc[cH-]c4c4cc[cH-]c1c34)=[NH+][C-](C)C2CC. The summed E-state index contributed by atoms with van der Waals surface area (Å²) >= 11 is 0. The molecule has 0 radical (unpaired) electrons. The smallest absolute Gasteiger partial charge is 0.0396 e. The summed E-state index contributed by atoms with van der Waals surface area (Å²) in [4.78, 5) is 9.00. The molecule has 0 spiro atoms. The van der Waals surface area contributed by atoms with E-state index in [0.29, 0.717) is 5.92 Å². The summed E-state index contributed by atoms with van der Waals surface area (Å²) in [5, 5.41) is 7.76. The number of rotatable bonds is 2. The van der Waals surface area contributed by atoms with E-state index in [0.717, 1.165) is 18.4 Å². The Morgan fingerprint density at radius 1 is 1.12 bits per heavy atom. The molecule has 2 heteroatoms. The second kappa shape index (κ2) is 5.19. The maximum atomic E-state index is 5.25. The van der Waals surface area contributed by atoms with Crippen LogP contribution < -0.4 is 10.3 Å². The molecule has 2 nitrogen and oxygen atoms in total. The lowest BCUT2D eigenvalue weighted by Crippen LogP contribution is -2.78. The summed E-state index contributed by atoms with van der Waals surface area (Å²) in [7, 11) is 0. The normalized spacial score (nSPS) is 16.8. The van der Waals surface area contributed by atoms with Crippen molar-refractivity contribution in [2.45, 2.75) is 39.5 Å². The zero-order chi connectivity index (χ0) is 17.1. The summed E-state index contributed by atoms with van der Waals surface area (Å²) in [6, 6.07) is 16.7. The predicted octanol–water partition coefficient (Wildman–Crippen LogP) is 3.58. The Balaban J connectivity index is 2.17. The second-order valence-corrected chi connectivity index (χ2v) is 7.10. The highest BCUT2D eigenvalue weighted by Crippen LogP contribution is 2.37. The summed E-state index contributed by atoms with van der Waals surface area (Å²) < 4.78 is 0. The van der Waals surface area contributed by atoms with E-state index in [1.54, 1.807) is 0 Å². The monoisotopic (exact) mass is 326 g/mol. The van der Waals surface area contributed by atoms with Gasteiger partial charge in [-0.1, -0.05) is 33.6 Å². The van der Waals surface area contributed by atoms with E-state index in [9.17, 15) is 0 Å². The number of hydrogen-bond acceptors (Lipinski definition) is 1. The van der Waals surface area contributed by atoms with Crippen LogP contribution in [0.25, 0.3) is 32.4 Å². The van der Waals surface area contributed by atoms with E-state index in [-0.39, 0.29) is 0 Å². The van der Waals surface area contributed by atoms with Crippen molar-refractivity contribution in [1.29, 1.82) is 0 Å². The molecule has 2 bridgehead atoms. The molecule has 25 heavy (non-hydrogen) atoms. The zero-order valence-electron chi connectivity index (χ0n) is 15.0. The van der Waals surface area contributed by atoms with Crippen LogP contribution in [0.2, 0.25) is 0 Å². The number of pyridine rings is 1. The fourth-order valence-electron chi connectivity index (χ4n) is 4.68. The summed E-state index contributed by atoms with van der Waals surface area (Å²) in [6.45, 7) is 6.74. The molecule has 0 saturated heterocycles. The van der Waals surface area contributed by atoms with Crippen molar-refractivity contribution in [3.63, 3.8) is 0 Å². The molecule has 0 aliphatic carbocycles. The van der Waals surface area contributed by atoms with E-state index in [1.165, 1.54) is 49.6 Å². The van der Waals surface area contributed by atoms with Gasteiger partial charge in [0.1, 0.15) is 0 Å². The van der Waals surface area contributed by atoms with Gasteiger partial charge in [0.25, 0.3) is 0 Å². The molecule has 1 N–H and O–H groups in total. The van der Waals surface area contributed by atoms with E-state index in [2.05, 4.69) is 68.2 Å². The number of aromatic nitrogens is 1. The molecule has 0 fully saturated rings. The first-order chi connectivity index (χ1) is 12.2. The van der Waals surface area contributed by atoms with Crippen molar-refractivity contribution < 1.29 is 4.99 Å². The van der Waals surface area contributed by atoms with Gasteiger partial charge in [0.05, 0.1) is 0 Å². The highest BCUT2D eigenvalue weighted by Gasteiger charge is 2.21. The zero-order valence-corrected chi connectivity index (χ0v) is 15.0. The summed E-state index contributed by atoms with van der Waals surface area (Å²) in [5.41, 5.74) is 3.81. The van der Waals surface area contributed by atoms with Gasteiger partial charge in [-0.15, -0.1) is 52.1 Å². The van der Waals surface area contributed by atoms with Gasteiger partial charge in [0, 0.05) is 17.3 Å². The molecule has 1 aliphatic rings. The van der Waals surface area contributed by atoms with Gasteiger partial charge in [-0.2, -0.15) is 22.9 Å². The molecule has 126 valence electrons. The van der Waals surface area contributed by atoms with Crippen LogP contribution in [0.3, 0.4) is 0 Å². The lowest BCUT2D eigenvalue weighted by molar-refractivity contribution is -0.485. The van der Waals surface area contributed by atoms with Gasteiger partial charge >= 0.3 is 0 Å². The van der Waals surface area contributed by atoms with Crippen molar-refractivity contribution in [2.24, 2.45) is 0 Å². The predicted molar refractivity (Wildman–Crippen MR) is 103 cm³/mol. The molecule has 1 atom stereocenters. The van der Waals surface area contributed by atoms with Crippen molar-refractivity contribution in [3.05, 3.63) is 65.1 Å². The Labute approximate surface area is 147 Å². The number of nitrogens with zero attached hydrogens (tertiary/aromatic N) is 1. The molecule has 4 aromatic rings. The van der Waals surface area contributed by atoms with Crippen LogP contribution in [0.4, 0.5) is 0 Å². The van der Waals surface area contributed by atoms with Crippen LogP contribution in [0.5, 0.6) is 0 Å². The van der Waals surface area contributed by atoms with Gasteiger partial charge in [-0.25, -0.2) is 0 Å². The van der Waals surface area contributed by atoms with Crippen molar-refractivity contribution >= 4 is 32.4 Å². The molecule has 1 aromatic heterocycles. The first-order valence-electron chi connectivity index (χ1n) is 9.27. The number of hydrogen-bond donors (Lipinski definition) is 1. The lowest BCUT2D eigenvalue weighted by atomic mass is 9.87. The Kier molecular flexibility index (Phi) is 3.05. The van der Waals surface area contributed by atoms with Crippen LogP contribution in [0.15, 0.2) is 42.5 Å². The average molecular weight is 326 g/mol. The Bertz CT molecular complexity index is 1190. The first-order valence-corrected chi connectivity index (χ1v) is 9.27. The summed E-state index contributed by atoms with van der Waals surface area (Å²) in [6.07, 6.45) is 2.09. The number of nitrogens with one attached hydrogen (secondary N) is 1. The number of aryl methyl sites for hydroxylation is 1. The highest BCUT2D eigenvalue weighted by atomic mass is 14.9. The molecule has 1 unspecified atom stereocenters. The van der Waals surface area contributed by atoms with Gasteiger partial charge in [-0.05, 0) is 11.2 Å². The standard InChI is InChI=1S/C23H22N2/c1-4-14-13(3)24-22-19-10-7-6-9-16(19)18-12-8-11-17-15(5-2)21(14)25-23(22)20(17)18/h6-12,14,24H,4-5H2,1-3H3/q-2. The molecule has 2 heterocycles. The van der Waals surface area contributed by atoms with E-state index < -0.39 is 0 Å². The van der Waals surface area contributed by atoms with Crippen LogP contribution in [-0.4, -0.2) is 4.98 Å². The third-order valence-corrected chi connectivity index (χ3v) is 5.83. The maximum absolute atomic E-state index is 5.25. The minimum absolute atomic E-state index is 0.365. The van der Waals surface area contributed by atoms with Crippen LogP contribution >= 0.6 is 0 Å².